The first-order valence-electron chi connectivity index (χ1n) is 6.23. The highest BCUT2D eigenvalue weighted by molar-refractivity contribution is 7.17. The molecule has 0 aromatic carbocycles. The molecule has 0 fully saturated rings. The number of rotatable bonds is 4. The van der Waals surface area contributed by atoms with Gasteiger partial charge in [0.1, 0.15) is 9.88 Å². The van der Waals surface area contributed by atoms with Crippen LogP contribution in [0.3, 0.4) is 0 Å². The number of hydrogen-bond acceptors (Lipinski definition) is 7. The van der Waals surface area contributed by atoms with Crippen LogP contribution < -0.4 is 0 Å². The lowest BCUT2D eigenvalue weighted by Gasteiger charge is -1.99. The third-order valence-electron chi connectivity index (χ3n) is 2.77. The van der Waals surface area contributed by atoms with Crippen LogP contribution in [0.25, 0.3) is 10.6 Å². The first-order valence-corrected chi connectivity index (χ1v) is 7.98. The summed E-state index contributed by atoms with van der Waals surface area (Å²) in [4.78, 5) is 17.1. The number of carbonyl (C=O) groups is 1. The van der Waals surface area contributed by atoms with Crippen LogP contribution in [-0.2, 0) is 11.3 Å². The average molecular weight is 320 g/mol. The topological polar surface area (TPSA) is 65.2 Å². The van der Waals surface area contributed by atoms with Gasteiger partial charge in [-0.3, -0.25) is 0 Å². The first kappa shape index (κ1) is 14.0. The summed E-state index contributed by atoms with van der Waals surface area (Å²) in [5, 5.41) is 8.56. The summed E-state index contributed by atoms with van der Waals surface area (Å²) in [6.45, 7) is 3.70. The highest BCUT2D eigenvalue weighted by Gasteiger charge is 2.18. The highest BCUT2D eigenvalue weighted by Crippen LogP contribution is 2.29. The van der Waals surface area contributed by atoms with Gasteiger partial charge in [-0.05, 0) is 25.3 Å². The Morgan fingerprint density at radius 2 is 2.29 bits per heavy atom. The molecule has 0 aliphatic rings. The number of aromatic nitrogens is 2. The van der Waals surface area contributed by atoms with Crippen LogP contribution in [0.2, 0.25) is 0 Å². The predicted molar refractivity (Wildman–Crippen MR) is 80.5 cm³/mol. The molecule has 0 atom stereocenters. The molecule has 3 rings (SSSR count). The normalized spacial score (nSPS) is 10.8. The van der Waals surface area contributed by atoms with Crippen molar-refractivity contribution in [1.29, 1.82) is 0 Å². The molecule has 0 bridgehead atoms. The maximum absolute atomic E-state index is 12.1. The van der Waals surface area contributed by atoms with E-state index in [1.165, 1.54) is 11.3 Å². The molecule has 0 N–H and O–H groups in total. The average Bonchev–Trinajstić information content (AvgIpc) is 3.16. The maximum Gasteiger partial charge on any atom is 0.350 e. The molecular weight excluding hydrogens is 308 g/mol. The molecule has 0 aliphatic heterocycles. The third kappa shape index (κ3) is 3.03. The van der Waals surface area contributed by atoms with Crippen molar-refractivity contribution in [2.75, 3.05) is 0 Å². The van der Waals surface area contributed by atoms with Gasteiger partial charge < -0.3 is 9.26 Å². The van der Waals surface area contributed by atoms with E-state index < -0.39 is 0 Å². The Hall–Kier alpha value is -1.99. The number of thiazole rings is 1. The number of hydrogen-bond donors (Lipinski definition) is 0. The second-order valence-electron chi connectivity index (χ2n) is 4.46. The molecule has 0 saturated carbocycles. The Balaban J connectivity index is 1.72. The molecule has 0 radical (unpaired) electrons. The van der Waals surface area contributed by atoms with Crippen molar-refractivity contribution in [3.05, 3.63) is 44.9 Å². The Labute approximate surface area is 129 Å². The third-order valence-corrected chi connectivity index (χ3v) is 4.64. The van der Waals surface area contributed by atoms with Crippen molar-refractivity contribution in [1.82, 2.24) is 10.1 Å². The quantitative estimate of drug-likeness (QED) is 0.683. The van der Waals surface area contributed by atoms with E-state index in [2.05, 4.69) is 10.1 Å². The van der Waals surface area contributed by atoms with E-state index in [0.29, 0.717) is 16.3 Å². The van der Waals surface area contributed by atoms with Gasteiger partial charge in [0.15, 0.2) is 12.4 Å². The fourth-order valence-electron chi connectivity index (χ4n) is 1.78. The van der Waals surface area contributed by atoms with E-state index in [1.807, 2.05) is 30.7 Å². The number of esters is 1. The van der Waals surface area contributed by atoms with Crippen molar-refractivity contribution < 1.29 is 14.1 Å². The molecular formula is C14H12N2O3S2. The fourth-order valence-corrected chi connectivity index (χ4v) is 3.45. The Morgan fingerprint density at radius 3 is 2.95 bits per heavy atom. The smallest absolute Gasteiger partial charge is 0.350 e. The number of nitrogens with zero attached hydrogens (tertiary/aromatic N) is 2. The summed E-state index contributed by atoms with van der Waals surface area (Å²) in [6, 6.07) is 3.72. The van der Waals surface area contributed by atoms with Gasteiger partial charge in [-0.15, -0.1) is 11.3 Å². The first-order chi connectivity index (χ1) is 10.1. The molecule has 3 heterocycles. The molecule has 0 unspecified atom stereocenters. The molecule has 0 amide bonds. The van der Waals surface area contributed by atoms with Crippen LogP contribution in [0, 0.1) is 13.8 Å². The standard InChI is InChI=1S/C14H12N2O3S2/c1-8-5-11(19-16-8)6-18-14(17)12-9(2)15-13(21-12)10-3-4-20-7-10/h3-5,7H,6H2,1-2H3. The van der Waals surface area contributed by atoms with E-state index >= 15 is 0 Å². The zero-order valence-electron chi connectivity index (χ0n) is 11.5. The van der Waals surface area contributed by atoms with Crippen molar-refractivity contribution in [3.8, 4) is 10.6 Å². The second-order valence-corrected chi connectivity index (χ2v) is 6.24. The lowest BCUT2D eigenvalue weighted by Crippen LogP contribution is -2.04. The van der Waals surface area contributed by atoms with Crippen molar-refractivity contribution in [2.24, 2.45) is 0 Å². The monoisotopic (exact) mass is 320 g/mol. The highest BCUT2D eigenvalue weighted by atomic mass is 32.1. The van der Waals surface area contributed by atoms with Crippen LogP contribution in [-0.4, -0.2) is 16.1 Å². The minimum absolute atomic E-state index is 0.0742. The van der Waals surface area contributed by atoms with Gasteiger partial charge in [-0.25, -0.2) is 9.78 Å². The SMILES string of the molecule is Cc1cc(COC(=O)c2sc(-c3ccsc3)nc2C)on1. The van der Waals surface area contributed by atoms with E-state index in [1.54, 1.807) is 17.4 Å². The Bertz CT molecular complexity index is 759. The van der Waals surface area contributed by atoms with Crippen LogP contribution >= 0.6 is 22.7 Å². The molecule has 0 saturated heterocycles. The summed E-state index contributed by atoms with van der Waals surface area (Å²) in [5.41, 5.74) is 2.47. The van der Waals surface area contributed by atoms with Gasteiger partial charge >= 0.3 is 5.97 Å². The minimum atomic E-state index is -0.388. The predicted octanol–water partition coefficient (Wildman–Crippen LogP) is 3.83. The van der Waals surface area contributed by atoms with Crippen molar-refractivity contribution >= 4 is 28.6 Å². The molecule has 0 aliphatic carbocycles. The van der Waals surface area contributed by atoms with Crippen LogP contribution in [0.1, 0.15) is 26.8 Å². The molecule has 5 nitrogen and oxygen atoms in total. The van der Waals surface area contributed by atoms with Gasteiger partial charge in [0.25, 0.3) is 0 Å². The Morgan fingerprint density at radius 1 is 1.43 bits per heavy atom. The summed E-state index contributed by atoms with van der Waals surface area (Å²) >= 11 is 2.94. The van der Waals surface area contributed by atoms with E-state index in [9.17, 15) is 4.79 Å². The summed E-state index contributed by atoms with van der Waals surface area (Å²) in [6.07, 6.45) is 0. The largest absolute Gasteiger partial charge is 0.453 e. The lowest BCUT2D eigenvalue weighted by atomic mass is 10.3. The van der Waals surface area contributed by atoms with Crippen LogP contribution in [0.15, 0.2) is 27.4 Å². The van der Waals surface area contributed by atoms with Gasteiger partial charge in [0.2, 0.25) is 0 Å². The van der Waals surface area contributed by atoms with E-state index in [4.69, 9.17) is 9.26 Å². The number of carbonyl (C=O) groups excluding carboxylic acids is 1. The Kier molecular flexibility index (Phi) is 3.85. The minimum Gasteiger partial charge on any atom is -0.453 e. The number of ether oxygens (including phenoxy) is 1. The molecule has 3 aromatic heterocycles. The molecule has 7 heteroatoms. The number of aryl methyl sites for hydroxylation is 2. The summed E-state index contributed by atoms with van der Waals surface area (Å²) < 4.78 is 10.2. The zero-order valence-corrected chi connectivity index (χ0v) is 13.1. The zero-order chi connectivity index (χ0) is 14.8. The maximum atomic E-state index is 12.1. The van der Waals surface area contributed by atoms with Gasteiger partial charge in [0, 0.05) is 17.0 Å². The van der Waals surface area contributed by atoms with Gasteiger partial charge in [-0.1, -0.05) is 5.16 Å². The molecule has 21 heavy (non-hydrogen) atoms. The van der Waals surface area contributed by atoms with E-state index in [0.717, 1.165) is 16.3 Å². The fraction of sp³-hybridized carbons (Fsp3) is 0.214. The second kappa shape index (κ2) is 5.79. The lowest BCUT2D eigenvalue weighted by molar-refractivity contribution is 0.0442. The van der Waals surface area contributed by atoms with Crippen LogP contribution in [0.4, 0.5) is 0 Å². The number of thiophene rings is 1. The summed E-state index contributed by atoms with van der Waals surface area (Å²) in [5.74, 6) is 0.140. The van der Waals surface area contributed by atoms with Gasteiger partial charge in [-0.2, -0.15) is 11.3 Å². The van der Waals surface area contributed by atoms with Crippen molar-refractivity contribution in [2.45, 2.75) is 20.5 Å². The molecule has 0 spiro atoms. The van der Waals surface area contributed by atoms with E-state index in [-0.39, 0.29) is 12.6 Å². The molecule has 108 valence electrons. The van der Waals surface area contributed by atoms with Crippen molar-refractivity contribution in [3.63, 3.8) is 0 Å². The molecule has 3 aromatic rings. The summed E-state index contributed by atoms with van der Waals surface area (Å²) in [7, 11) is 0. The van der Waals surface area contributed by atoms with Gasteiger partial charge in [0.05, 0.1) is 11.4 Å². The van der Waals surface area contributed by atoms with Crippen LogP contribution in [0.5, 0.6) is 0 Å².